The number of phenols is 4. The SMILES string of the molecule is CC(Cc1ccc(O)cc1O)c1ccc(O)cc1O. The van der Waals surface area contributed by atoms with Crippen LogP contribution in [0.4, 0.5) is 0 Å². The zero-order chi connectivity index (χ0) is 14.0. The maximum atomic E-state index is 9.79. The molecule has 0 aliphatic rings. The van der Waals surface area contributed by atoms with Crippen molar-refractivity contribution in [1.82, 2.24) is 0 Å². The van der Waals surface area contributed by atoms with E-state index >= 15 is 0 Å². The molecule has 0 aliphatic carbocycles. The van der Waals surface area contributed by atoms with Crippen molar-refractivity contribution in [3.63, 3.8) is 0 Å². The molecule has 2 rings (SSSR count). The molecule has 0 fully saturated rings. The fourth-order valence-electron chi connectivity index (χ4n) is 2.11. The summed E-state index contributed by atoms with van der Waals surface area (Å²) in [4.78, 5) is 0. The zero-order valence-electron chi connectivity index (χ0n) is 10.5. The lowest BCUT2D eigenvalue weighted by molar-refractivity contribution is 0.437. The van der Waals surface area contributed by atoms with Crippen LogP contribution in [0, 0.1) is 0 Å². The molecule has 0 saturated carbocycles. The van der Waals surface area contributed by atoms with Crippen LogP contribution in [0.15, 0.2) is 36.4 Å². The average molecular weight is 260 g/mol. The van der Waals surface area contributed by atoms with E-state index in [0.717, 1.165) is 0 Å². The minimum atomic E-state index is -0.0314. The molecule has 0 saturated heterocycles. The zero-order valence-corrected chi connectivity index (χ0v) is 10.5. The van der Waals surface area contributed by atoms with Crippen LogP contribution in [0.5, 0.6) is 23.0 Å². The molecule has 2 aromatic rings. The molecule has 0 radical (unpaired) electrons. The summed E-state index contributed by atoms with van der Waals surface area (Å²) in [6.45, 7) is 1.92. The maximum absolute atomic E-state index is 9.79. The van der Waals surface area contributed by atoms with Gasteiger partial charge in [0.2, 0.25) is 0 Å². The Balaban J connectivity index is 2.23. The van der Waals surface area contributed by atoms with E-state index in [0.29, 0.717) is 17.5 Å². The third-order valence-corrected chi connectivity index (χ3v) is 3.14. The summed E-state index contributed by atoms with van der Waals surface area (Å²) in [6.07, 6.45) is 0.518. The van der Waals surface area contributed by atoms with Crippen molar-refractivity contribution in [1.29, 1.82) is 0 Å². The molecule has 0 aromatic heterocycles. The Morgan fingerprint density at radius 2 is 1.42 bits per heavy atom. The highest BCUT2D eigenvalue weighted by Crippen LogP contribution is 2.33. The fraction of sp³-hybridized carbons (Fsp3) is 0.200. The van der Waals surface area contributed by atoms with Gasteiger partial charge in [-0.05, 0) is 35.6 Å². The number of hydrogen-bond donors (Lipinski definition) is 4. The summed E-state index contributed by atoms with van der Waals surface area (Å²) in [6, 6.07) is 8.92. The van der Waals surface area contributed by atoms with Gasteiger partial charge in [0.05, 0.1) is 0 Å². The third kappa shape index (κ3) is 2.91. The Labute approximate surface area is 111 Å². The number of benzene rings is 2. The topological polar surface area (TPSA) is 80.9 Å². The first-order valence-corrected chi connectivity index (χ1v) is 6.00. The van der Waals surface area contributed by atoms with Crippen molar-refractivity contribution in [3.8, 4) is 23.0 Å². The Bertz CT molecular complexity index is 593. The first-order chi connectivity index (χ1) is 8.97. The second-order valence-electron chi connectivity index (χ2n) is 4.66. The van der Waals surface area contributed by atoms with E-state index < -0.39 is 0 Å². The Morgan fingerprint density at radius 3 is 2.00 bits per heavy atom. The normalized spacial score (nSPS) is 12.3. The first-order valence-electron chi connectivity index (χ1n) is 6.00. The lowest BCUT2D eigenvalue weighted by Crippen LogP contribution is -1.99. The Hall–Kier alpha value is -2.36. The van der Waals surface area contributed by atoms with Crippen LogP contribution >= 0.6 is 0 Å². The van der Waals surface area contributed by atoms with Crippen LogP contribution in [0.1, 0.15) is 24.0 Å². The second kappa shape index (κ2) is 5.10. The van der Waals surface area contributed by atoms with Crippen LogP contribution in [0.25, 0.3) is 0 Å². The summed E-state index contributed by atoms with van der Waals surface area (Å²) in [5.74, 6) is 0.0641. The van der Waals surface area contributed by atoms with Gasteiger partial charge in [-0.1, -0.05) is 19.1 Å². The highest BCUT2D eigenvalue weighted by atomic mass is 16.3. The molecule has 0 bridgehead atoms. The molecule has 0 aliphatic heterocycles. The van der Waals surface area contributed by atoms with Gasteiger partial charge in [-0.25, -0.2) is 0 Å². The smallest absolute Gasteiger partial charge is 0.122 e. The van der Waals surface area contributed by atoms with Crippen molar-refractivity contribution in [2.45, 2.75) is 19.3 Å². The molecule has 1 atom stereocenters. The molecule has 0 spiro atoms. The quantitative estimate of drug-likeness (QED) is 0.684. The number of hydrogen-bond acceptors (Lipinski definition) is 4. The Kier molecular flexibility index (Phi) is 3.51. The molecule has 4 heteroatoms. The highest BCUT2D eigenvalue weighted by Gasteiger charge is 2.14. The van der Waals surface area contributed by atoms with E-state index in [1.165, 1.54) is 24.3 Å². The average Bonchev–Trinajstić information content (AvgIpc) is 2.32. The van der Waals surface area contributed by atoms with E-state index in [1.54, 1.807) is 12.1 Å². The van der Waals surface area contributed by atoms with Gasteiger partial charge in [-0.15, -0.1) is 0 Å². The second-order valence-corrected chi connectivity index (χ2v) is 4.66. The molecule has 0 amide bonds. The van der Waals surface area contributed by atoms with Crippen molar-refractivity contribution >= 4 is 0 Å². The summed E-state index contributed by atoms with van der Waals surface area (Å²) >= 11 is 0. The largest absolute Gasteiger partial charge is 0.508 e. The van der Waals surface area contributed by atoms with E-state index in [-0.39, 0.29) is 28.9 Å². The molecular formula is C15H16O4. The maximum Gasteiger partial charge on any atom is 0.122 e. The summed E-state index contributed by atoms with van der Waals surface area (Å²) in [7, 11) is 0. The standard InChI is InChI=1S/C15H16O4/c1-9(13-5-4-12(17)8-15(13)19)6-10-2-3-11(16)7-14(10)18/h2-5,7-9,16-19H,6H2,1H3. The predicted octanol–water partition coefficient (Wildman–Crippen LogP) is 2.86. The molecule has 0 heterocycles. The van der Waals surface area contributed by atoms with Gasteiger partial charge in [0, 0.05) is 12.1 Å². The van der Waals surface area contributed by atoms with E-state index in [9.17, 15) is 20.4 Å². The van der Waals surface area contributed by atoms with E-state index in [1.807, 2.05) is 6.92 Å². The van der Waals surface area contributed by atoms with Crippen LogP contribution in [0.2, 0.25) is 0 Å². The molecule has 2 aromatic carbocycles. The van der Waals surface area contributed by atoms with Gasteiger partial charge in [-0.3, -0.25) is 0 Å². The van der Waals surface area contributed by atoms with E-state index in [2.05, 4.69) is 0 Å². The summed E-state index contributed by atoms with van der Waals surface area (Å²) in [5.41, 5.74) is 1.39. The molecule has 1 unspecified atom stereocenters. The minimum absolute atomic E-state index is 0.0148. The lowest BCUT2D eigenvalue weighted by Gasteiger charge is -2.15. The van der Waals surface area contributed by atoms with Crippen LogP contribution < -0.4 is 0 Å². The lowest BCUT2D eigenvalue weighted by atomic mass is 9.92. The fourth-order valence-corrected chi connectivity index (χ4v) is 2.11. The van der Waals surface area contributed by atoms with Crippen LogP contribution in [0.3, 0.4) is 0 Å². The summed E-state index contributed by atoms with van der Waals surface area (Å²) in [5, 5.41) is 38.0. The van der Waals surface area contributed by atoms with Crippen molar-refractivity contribution < 1.29 is 20.4 Å². The van der Waals surface area contributed by atoms with Gasteiger partial charge in [-0.2, -0.15) is 0 Å². The minimum Gasteiger partial charge on any atom is -0.508 e. The summed E-state index contributed by atoms with van der Waals surface area (Å²) < 4.78 is 0. The van der Waals surface area contributed by atoms with Crippen molar-refractivity contribution in [3.05, 3.63) is 47.5 Å². The van der Waals surface area contributed by atoms with Gasteiger partial charge in [0.25, 0.3) is 0 Å². The molecule has 4 N–H and O–H groups in total. The van der Waals surface area contributed by atoms with Crippen molar-refractivity contribution in [2.24, 2.45) is 0 Å². The van der Waals surface area contributed by atoms with E-state index in [4.69, 9.17) is 0 Å². The van der Waals surface area contributed by atoms with Crippen LogP contribution in [-0.2, 0) is 6.42 Å². The van der Waals surface area contributed by atoms with Gasteiger partial charge < -0.3 is 20.4 Å². The number of phenolic OH excluding ortho intramolecular Hbond substituents is 4. The van der Waals surface area contributed by atoms with Gasteiger partial charge in [0.15, 0.2) is 0 Å². The molecular weight excluding hydrogens is 244 g/mol. The number of rotatable bonds is 3. The van der Waals surface area contributed by atoms with Crippen LogP contribution in [-0.4, -0.2) is 20.4 Å². The monoisotopic (exact) mass is 260 g/mol. The first kappa shape index (κ1) is 13.1. The van der Waals surface area contributed by atoms with Crippen molar-refractivity contribution in [2.75, 3.05) is 0 Å². The molecule has 19 heavy (non-hydrogen) atoms. The highest BCUT2D eigenvalue weighted by molar-refractivity contribution is 5.44. The third-order valence-electron chi connectivity index (χ3n) is 3.14. The predicted molar refractivity (Wildman–Crippen MR) is 71.7 cm³/mol. The Morgan fingerprint density at radius 1 is 0.842 bits per heavy atom. The van der Waals surface area contributed by atoms with Gasteiger partial charge >= 0.3 is 0 Å². The molecule has 4 nitrogen and oxygen atoms in total. The molecule has 100 valence electrons. The van der Waals surface area contributed by atoms with Gasteiger partial charge in [0.1, 0.15) is 23.0 Å². The number of aromatic hydroxyl groups is 4.